The van der Waals surface area contributed by atoms with E-state index in [2.05, 4.69) is 10.2 Å². The van der Waals surface area contributed by atoms with Crippen LogP contribution in [0.25, 0.3) is 0 Å². The van der Waals surface area contributed by atoms with Crippen molar-refractivity contribution in [1.29, 1.82) is 0 Å². The van der Waals surface area contributed by atoms with E-state index < -0.39 is 35.0 Å². The van der Waals surface area contributed by atoms with Crippen molar-refractivity contribution < 1.29 is 24.3 Å². The minimum atomic E-state index is -1.28. The van der Waals surface area contributed by atoms with Gasteiger partial charge in [-0.15, -0.1) is 0 Å². The van der Waals surface area contributed by atoms with Crippen LogP contribution in [-0.4, -0.2) is 42.8 Å². The van der Waals surface area contributed by atoms with Gasteiger partial charge in [0.1, 0.15) is 5.75 Å². The Bertz CT molecular complexity index is 2190. The number of amides is 4. The second kappa shape index (κ2) is 12.6. The Morgan fingerprint density at radius 2 is 1.40 bits per heavy atom. The summed E-state index contributed by atoms with van der Waals surface area (Å²) in [6, 6.07) is 27.9. The third kappa shape index (κ3) is 5.15. The van der Waals surface area contributed by atoms with E-state index in [0.29, 0.717) is 33.3 Å². The molecule has 4 aromatic rings. The molecular formula is C41H36ClN5O5. The molecule has 10 nitrogen and oxygen atoms in total. The first-order valence-corrected chi connectivity index (χ1v) is 17.7. The van der Waals surface area contributed by atoms with E-state index in [1.54, 1.807) is 67.6 Å². The van der Waals surface area contributed by atoms with Gasteiger partial charge < -0.3 is 10.0 Å². The monoisotopic (exact) mass is 713 g/mol. The molecule has 11 heteroatoms. The maximum atomic E-state index is 14.5. The second-order valence-corrected chi connectivity index (χ2v) is 14.8. The van der Waals surface area contributed by atoms with Gasteiger partial charge in [0.05, 0.1) is 45.9 Å². The summed E-state index contributed by atoms with van der Waals surface area (Å²) < 4.78 is 0. The predicted octanol–water partition coefficient (Wildman–Crippen LogP) is 7.96. The summed E-state index contributed by atoms with van der Waals surface area (Å²) in [7, 11) is 3.93. The summed E-state index contributed by atoms with van der Waals surface area (Å²) in [5.74, 6) is -4.95. The van der Waals surface area contributed by atoms with Crippen LogP contribution in [0.2, 0.25) is 5.02 Å². The van der Waals surface area contributed by atoms with Crippen molar-refractivity contribution in [3.05, 3.63) is 119 Å². The third-order valence-corrected chi connectivity index (χ3v) is 11.6. The minimum Gasteiger partial charge on any atom is -0.508 e. The molecule has 0 aromatic heterocycles. The zero-order valence-corrected chi connectivity index (χ0v) is 29.6. The quantitative estimate of drug-likeness (QED) is 0.123. The molecule has 2 saturated heterocycles. The van der Waals surface area contributed by atoms with Crippen molar-refractivity contribution in [1.82, 2.24) is 0 Å². The SMILES string of the molecule is CN(C)c1ccc(N=Nc2ccc(N3C(=O)[C@H]4[C@H](CC=C5[C@H]4C[C@H]4C(=O)N(c6ccccc6)C(=O)[C@@]4(C)[C@H]5c4cc(Cl)ccc4O)C3=O)cc2)cc1. The molecule has 4 amide bonds. The molecular weight excluding hydrogens is 678 g/mol. The second-order valence-electron chi connectivity index (χ2n) is 14.3. The lowest BCUT2D eigenvalue weighted by Crippen LogP contribution is -2.48. The highest BCUT2D eigenvalue weighted by Gasteiger charge is 2.68. The van der Waals surface area contributed by atoms with E-state index >= 15 is 0 Å². The minimum absolute atomic E-state index is 0.0604. The van der Waals surface area contributed by atoms with Gasteiger partial charge in [0, 0.05) is 36.3 Å². The number of aromatic hydroxyl groups is 1. The molecule has 262 valence electrons. The van der Waals surface area contributed by atoms with Crippen LogP contribution in [0.4, 0.5) is 28.4 Å². The van der Waals surface area contributed by atoms with Gasteiger partial charge in [0.25, 0.3) is 0 Å². The lowest BCUT2D eigenvalue weighted by molar-refractivity contribution is -0.131. The fourth-order valence-corrected chi connectivity index (χ4v) is 8.98. The summed E-state index contributed by atoms with van der Waals surface area (Å²) in [6.07, 6.45) is 2.43. The van der Waals surface area contributed by atoms with Crippen LogP contribution in [0.3, 0.4) is 0 Å². The highest BCUT2D eigenvalue weighted by Crippen LogP contribution is 2.64. The number of benzene rings is 4. The zero-order valence-electron chi connectivity index (χ0n) is 28.8. The molecule has 2 aliphatic heterocycles. The average molecular weight is 714 g/mol. The van der Waals surface area contributed by atoms with Gasteiger partial charge in [0.15, 0.2) is 0 Å². The molecule has 4 aliphatic rings. The number of hydrogen-bond acceptors (Lipinski definition) is 8. The molecule has 1 saturated carbocycles. The number of halogens is 1. The zero-order chi connectivity index (χ0) is 36.5. The molecule has 0 unspecified atom stereocenters. The van der Waals surface area contributed by atoms with Crippen molar-refractivity contribution in [3.63, 3.8) is 0 Å². The number of nitrogens with zero attached hydrogens (tertiary/aromatic N) is 5. The van der Waals surface area contributed by atoms with Crippen molar-refractivity contribution >= 4 is 63.7 Å². The number of carbonyl (C=O) groups is 4. The van der Waals surface area contributed by atoms with E-state index in [9.17, 15) is 24.3 Å². The number of allylic oxidation sites excluding steroid dienone is 2. The van der Waals surface area contributed by atoms with Crippen LogP contribution < -0.4 is 14.7 Å². The van der Waals surface area contributed by atoms with Crippen LogP contribution in [0.5, 0.6) is 5.75 Å². The molecule has 2 aliphatic carbocycles. The van der Waals surface area contributed by atoms with Crippen LogP contribution >= 0.6 is 11.6 Å². The first-order valence-electron chi connectivity index (χ1n) is 17.3. The summed E-state index contributed by atoms with van der Waals surface area (Å²) in [6.45, 7) is 1.78. The lowest BCUT2D eigenvalue weighted by Gasteiger charge is -2.49. The molecule has 2 heterocycles. The molecule has 6 atom stereocenters. The predicted molar refractivity (Wildman–Crippen MR) is 198 cm³/mol. The topological polar surface area (TPSA) is 123 Å². The largest absolute Gasteiger partial charge is 0.508 e. The molecule has 1 N–H and O–H groups in total. The van der Waals surface area contributed by atoms with Crippen molar-refractivity contribution in [2.24, 2.45) is 39.3 Å². The van der Waals surface area contributed by atoms with E-state index in [1.165, 1.54) is 15.9 Å². The highest BCUT2D eigenvalue weighted by molar-refractivity contribution is 6.30. The number of para-hydroxylation sites is 1. The summed E-state index contributed by atoms with van der Waals surface area (Å²) >= 11 is 6.47. The Balaban J connectivity index is 1.13. The highest BCUT2D eigenvalue weighted by atomic mass is 35.5. The first kappa shape index (κ1) is 33.5. The fourth-order valence-electron chi connectivity index (χ4n) is 8.79. The van der Waals surface area contributed by atoms with Crippen LogP contribution in [0.15, 0.2) is 119 Å². The number of hydrogen-bond donors (Lipinski definition) is 1. The van der Waals surface area contributed by atoms with Crippen LogP contribution in [0, 0.1) is 29.1 Å². The van der Waals surface area contributed by atoms with E-state index in [4.69, 9.17) is 11.6 Å². The van der Waals surface area contributed by atoms with Gasteiger partial charge in [-0.3, -0.25) is 24.1 Å². The van der Waals surface area contributed by atoms with Gasteiger partial charge in [-0.2, -0.15) is 10.2 Å². The van der Waals surface area contributed by atoms with Gasteiger partial charge in [-0.05, 0) is 105 Å². The number of phenolic OH excluding ortho intramolecular Hbond substituents is 1. The van der Waals surface area contributed by atoms with E-state index in [-0.39, 0.29) is 42.2 Å². The Hall–Kier alpha value is -5.61. The summed E-state index contributed by atoms with van der Waals surface area (Å²) in [5, 5.41) is 20.3. The molecule has 52 heavy (non-hydrogen) atoms. The van der Waals surface area contributed by atoms with E-state index in [0.717, 1.165) is 11.3 Å². The van der Waals surface area contributed by atoms with Crippen molar-refractivity contribution in [2.75, 3.05) is 28.8 Å². The summed E-state index contributed by atoms with van der Waals surface area (Å²) in [4.78, 5) is 61.8. The lowest BCUT2D eigenvalue weighted by atomic mass is 9.51. The van der Waals surface area contributed by atoms with Crippen molar-refractivity contribution in [2.45, 2.75) is 25.7 Å². The Morgan fingerprint density at radius 1 is 0.769 bits per heavy atom. The molecule has 0 radical (unpaired) electrons. The van der Waals surface area contributed by atoms with Gasteiger partial charge >= 0.3 is 0 Å². The number of anilines is 3. The maximum Gasteiger partial charge on any atom is 0.241 e. The number of azo groups is 1. The number of rotatable bonds is 6. The Labute approximate surface area is 306 Å². The molecule has 4 aromatic carbocycles. The maximum absolute atomic E-state index is 14.5. The standard InChI is InChI=1S/C41H36ClN5O5/c1-41-33(38(50)47(40(41)52)27-7-5-4-6-8-27)22-31-29(36(41)32-21-23(42)9-20-34(32)48)18-19-30-35(31)39(51)46(37(30)49)28-16-12-25(13-17-28)44-43-24-10-14-26(15-11-24)45(2)3/h4-18,20-21,30-31,33,35-36,48H,19,22H2,1-3H3/t30-,31+,33-,35-,36+,41+/m0/s1. The fraction of sp³-hybridized carbons (Fsp3) is 0.268. The smallest absolute Gasteiger partial charge is 0.241 e. The number of imide groups is 2. The van der Waals surface area contributed by atoms with Crippen molar-refractivity contribution in [3.8, 4) is 5.75 Å². The number of carbonyl (C=O) groups excluding carboxylic acids is 4. The van der Waals surface area contributed by atoms with Crippen LogP contribution in [-0.2, 0) is 19.2 Å². The average Bonchev–Trinajstić information content (AvgIpc) is 3.52. The van der Waals surface area contributed by atoms with E-state index in [1.807, 2.05) is 55.4 Å². The number of fused-ring (bicyclic) bond motifs is 4. The molecule has 8 rings (SSSR count). The Kier molecular flexibility index (Phi) is 8.10. The Morgan fingerprint density at radius 3 is 2.06 bits per heavy atom. The molecule has 0 spiro atoms. The third-order valence-electron chi connectivity index (χ3n) is 11.3. The normalized spacial score (nSPS) is 26.8. The molecule has 3 fully saturated rings. The van der Waals surface area contributed by atoms with Gasteiger partial charge in [-0.25, -0.2) is 4.90 Å². The van der Waals surface area contributed by atoms with Gasteiger partial charge in [0.2, 0.25) is 23.6 Å². The summed E-state index contributed by atoms with van der Waals surface area (Å²) in [5.41, 5.74) is 3.08. The van der Waals surface area contributed by atoms with Gasteiger partial charge in [-0.1, -0.05) is 41.4 Å². The molecule has 0 bridgehead atoms. The van der Waals surface area contributed by atoms with Crippen LogP contribution in [0.1, 0.15) is 31.2 Å². The number of phenols is 1. The first-order chi connectivity index (χ1) is 25.0.